The Hall–Kier alpha value is -1.55. The first kappa shape index (κ1) is 16.3. The summed E-state index contributed by atoms with van der Waals surface area (Å²) in [7, 11) is 0. The Kier molecular flexibility index (Phi) is 5.21. The molecular weight excluding hydrogens is 288 g/mol. The zero-order valence-corrected chi connectivity index (χ0v) is 14.1. The Morgan fingerprint density at radius 3 is 2.91 bits per heavy atom. The summed E-state index contributed by atoms with van der Waals surface area (Å²) in [6.45, 7) is 4.65. The van der Waals surface area contributed by atoms with Gasteiger partial charge in [0.15, 0.2) is 0 Å². The van der Waals surface area contributed by atoms with Crippen LogP contribution in [0.4, 0.5) is 0 Å². The summed E-state index contributed by atoms with van der Waals surface area (Å²) in [4.78, 5) is 14.8. The molecule has 0 spiro atoms. The van der Waals surface area contributed by atoms with E-state index in [1.165, 1.54) is 38.5 Å². The highest BCUT2D eigenvalue weighted by molar-refractivity contribution is 5.96. The van der Waals surface area contributed by atoms with Crippen LogP contribution in [0.5, 0.6) is 5.75 Å². The van der Waals surface area contributed by atoms with E-state index in [1.807, 2.05) is 13.0 Å². The van der Waals surface area contributed by atoms with E-state index < -0.39 is 0 Å². The third-order valence-electron chi connectivity index (χ3n) is 5.44. The first-order chi connectivity index (χ1) is 11.1. The van der Waals surface area contributed by atoms with Gasteiger partial charge >= 0.3 is 0 Å². The van der Waals surface area contributed by atoms with Crippen molar-refractivity contribution in [3.63, 3.8) is 0 Å². The van der Waals surface area contributed by atoms with Gasteiger partial charge in [-0.05, 0) is 57.2 Å². The van der Waals surface area contributed by atoms with Crippen LogP contribution in [0.3, 0.4) is 0 Å². The Morgan fingerprint density at radius 1 is 1.26 bits per heavy atom. The number of aromatic hydroxyl groups is 1. The summed E-state index contributed by atoms with van der Waals surface area (Å²) in [5.74, 6) is 0.746. The van der Waals surface area contributed by atoms with Gasteiger partial charge in [0.25, 0.3) is 5.91 Å². The van der Waals surface area contributed by atoms with Crippen LogP contribution in [0.15, 0.2) is 18.2 Å². The van der Waals surface area contributed by atoms with Gasteiger partial charge in [0, 0.05) is 19.1 Å². The lowest BCUT2D eigenvalue weighted by Crippen LogP contribution is -2.49. The Labute approximate surface area is 138 Å². The molecule has 0 radical (unpaired) electrons. The molecule has 4 nitrogen and oxygen atoms in total. The van der Waals surface area contributed by atoms with E-state index in [9.17, 15) is 9.90 Å². The minimum atomic E-state index is -0.177. The zero-order valence-electron chi connectivity index (χ0n) is 14.1. The maximum atomic E-state index is 12.3. The molecule has 126 valence electrons. The van der Waals surface area contributed by atoms with Gasteiger partial charge in [-0.2, -0.15) is 0 Å². The number of nitrogens with one attached hydrogen (secondary N) is 1. The Morgan fingerprint density at radius 2 is 2.04 bits per heavy atom. The Bertz CT molecular complexity index is 556. The highest BCUT2D eigenvalue weighted by Gasteiger charge is 2.32. The summed E-state index contributed by atoms with van der Waals surface area (Å²) < 4.78 is 0. The number of rotatable bonds is 4. The SMILES string of the molecule is Cc1ccc(O)c(C(=O)NCCN2CCC[C@@H]3CCCC[C@H]32)c1. The topological polar surface area (TPSA) is 52.6 Å². The second kappa shape index (κ2) is 7.35. The summed E-state index contributed by atoms with van der Waals surface area (Å²) in [6.07, 6.45) is 8.10. The van der Waals surface area contributed by atoms with Gasteiger partial charge in [-0.3, -0.25) is 9.69 Å². The number of hydrogen-bond donors (Lipinski definition) is 2. The molecule has 1 aliphatic heterocycles. The molecule has 1 heterocycles. The van der Waals surface area contributed by atoms with Crippen molar-refractivity contribution in [1.82, 2.24) is 10.2 Å². The van der Waals surface area contributed by atoms with Crippen LogP contribution in [0.25, 0.3) is 0 Å². The molecule has 2 atom stereocenters. The van der Waals surface area contributed by atoms with Crippen molar-refractivity contribution < 1.29 is 9.90 Å². The number of benzene rings is 1. The monoisotopic (exact) mass is 316 g/mol. The number of amides is 1. The van der Waals surface area contributed by atoms with Crippen LogP contribution in [0.2, 0.25) is 0 Å². The van der Waals surface area contributed by atoms with E-state index in [2.05, 4.69) is 10.2 Å². The maximum absolute atomic E-state index is 12.3. The summed E-state index contributed by atoms with van der Waals surface area (Å²) in [5.41, 5.74) is 1.35. The van der Waals surface area contributed by atoms with Crippen LogP contribution in [0, 0.1) is 12.8 Å². The lowest BCUT2D eigenvalue weighted by molar-refractivity contribution is 0.0607. The zero-order chi connectivity index (χ0) is 16.2. The van der Waals surface area contributed by atoms with Gasteiger partial charge in [-0.15, -0.1) is 0 Å². The fraction of sp³-hybridized carbons (Fsp3) is 0.632. The van der Waals surface area contributed by atoms with E-state index in [-0.39, 0.29) is 11.7 Å². The standard InChI is InChI=1S/C19H28N2O2/c1-14-8-9-18(22)16(13-14)19(23)20-10-12-21-11-4-6-15-5-2-3-7-17(15)21/h8-9,13,15,17,22H,2-7,10-12H2,1H3,(H,20,23)/t15-,17+/m0/s1. The van der Waals surface area contributed by atoms with Gasteiger partial charge in [0.2, 0.25) is 0 Å². The van der Waals surface area contributed by atoms with Crippen LogP contribution in [0.1, 0.15) is 54.4 Å². The lowest BCUT2D eigenvalue weighted by Gasteiger charge is -2.44. The molecule has 1 saturated carbocycles. The van der Waals surface area contributed by atoms with Crippen molar-refractivity contribution in [1.29, 1.82) is 0 Å². The average molecular weight is 316 g/mol. The van der Waals surface area contributed by atoms with E-state index in [0.717, 1.165) is 30.6 Å². The summed E-state index contributed by atoms with van der Waals surface area (Å²) >= 11 is 0. The van der Waals surface area contributed by atoms with Crippen molar-refractivity contribution in [2.45, 2.75) is 51.5 Å². The number of piperidine rings is 1. The third-order valence-corrected chi connectivity index (χ3v) is 5.44. The highest BCUT2D eigenvalue weighted by Crippen LogP contribution is 2.34. The van der Waals surface area contributed by atoms with Crippen molar-refractivity contribution in [3.8, 4) is 5.75 Å². The van der Waals surface area contributed by atoms with Gasteiger partial charge in [-0.25, -0.2) is 0 Å². The molecule has 2 fully saturated rings. The van der Waals surface area contributed by atoms with Crippen molar-refractivity contribution in [3.05, 3.63) is 29.3 Å². The fourth-order valence-corrected chi connectivity index (χ4v) is 4.25. The average Bonchev–Trinajstić information content (AvgIpc) is 2.57. The number of carbonyl (C=O) groups is 1. The van der Waals surface area contributed by atoms with Gasteiger partial charge in [-0.1, -0.05) is 24.5 Å². The lowest BCUT2D eigenvalue weighted by atomic mass is 9.78. The number of fused-ring (bicyclic) bond motifs is 1. The molecular formula is C19H28N2O2. The Balaban J connectivity index is 1.52. The molecule has 23 heavy (non-hydrogen) atoms. The predicted octanol–water partition coefficient (Wildman–Crippen LogP) is 3.09. The molecule has 2 N–H and O–H groups in total. The number of aryl methyl sites for hydroxylation is 1. The minimum Gasteiger partial charge on any atom is -0.507 e. The van der Waals surface area contributed by atoms with Crippen molar-refractivity contribution >= 4 is 5.91 Å². The number of nitrogens with zero attached hydrogens (tertiary/aromatic N) is 1. The van der Waals surface area contributed by atoms with Crippen LogP contribution >= 0.6 is 0 Å². The predicted molar refractivity (Wildman–Crippen MR) is 91.7 cm³/mol. The fourth-order valence-electron chi connectivity index (χ4n) is 4.25. The van der Waals surface area contributed by atoms with Crippen LogP contribution < -0.4 is 5.32 Å². The first-order valence-electron chi connectivity index (χ1n) is 8.97. The molecule has 1 saturated heterocycles. The largest absolute Gasteiger partial charge is 0.507 e. The molecule has 0 unspecified atom stereocenters. The van der Waals surface area contributed by atoms with E-state index in [1.54, 1.807) is 12.1 Å². The van der Waals surface area contributed by atoms with Crippen LogP contribution in [-0.2, 0) is 0 Å². The highest BCUT2D eigenvalue weighted by atomic mass is 16.3. The smallest absolute Gasteiger partial charge is 0.255 e. The van der Waals surface area contributed by atoms with Crippen LogP contribution in [-0.4, -0.2) is 41.6 Å². The molecule has 1 aliphatic carbocycles. The summed E-state index contributed by atoms with van der Waals surface area (Å²) in [5, 5.41) is 12.8. The van der Waals surface area contributed by atoms with E-state index >= 15 is 0 Å². The molecule has 3 rings (SSSR count). The molecule has 1 aromatic carbocycles. The normalized spacial score (nSPS) is 24.9. The minimum absolute atomic E-state index is 0.0541. The molecule has 4 heteroatoms. The second-order valence-corrected chi connectivity index (χ2v) is 7.07. The quantitative estimate of drug-likeness (QED) is 0.897. The molecule has 1 aromatic rings. The second-order valence-electron chi connectivity index (χ2n) is 7.07. The maximum Gasteiger partial charge on any atom is 0.255 e. The first-order valence-corrected chi connectivity index (χ1v) is 8.97. The molecule has 2 aliphatic rings. The van der Waals surface area contributed by atoms with Crippen molar-refractivity contribution in [2.75, 3.05) is 19.6 Å². The molecule has 0 bridgehead atoms. The number of hydrogen-bond acceptors (Lipinski definition) is 3. The number of carbonyl (C=O) groups excluding carboxylic acids is 1. The third kappa shape index (κ3) is 3.86. The number of likely N-dealkylation sites (tertiary alicyclic amines) is 1. The molecule has 1 amide bonds. The van der Waals surface area contributed by atoms with Crippen molar-refractivity contribution in [2.24, 2.45) is 5.92 Å². The van der Waals surface area contributed by atoms with Gasteiger partial charge in [0.1, 0.15) is 5.75 Å². The number of phenolic OH excluding ortho intramolecular Hbond substituents is 1. The van der Waals surface area contributed by atoms with E-state index in [0.29, 0.717) is 12.1 Å². The molecule has 0 aromatic heterocycles. The van der Waals surface area contributed by atoms with E-state index in [4.69, 9.17) is 0 Å². The number of phenols is 1. The summed E-state index contributed by atoms with van der Waals surface area (Å²) in [6, 6.07) is 5.86. The van der Waals surface area contributed by atoms with Gasteiger partial charge < -0.3 is 10.4 Å². The van der Waals surface area contributed by atoms with Gasteiger partial charge in [0.05, 0.1) is 5.56 Å².